The number of aromatic nitrogens is 4. The van der Waals surface area contributed by atoms with Gasteiger partial charge in [-0.25, -0.2) is 4.68 Å². The summed E-state index contributed by atoms with van der Waals surface area (Å²) in [4.78, 5) is 10.8. The summed E-state index contributed by atoms with van der Waals surface area (Å²) in [5.41, 5.74) is 0. The molecule has 1 N–H and O–H groups in total. The molecule has 1 saturated carbocycles. The SMILES string of the molecule is CCC(CC(=O)O)Cn1nnnc1CCC1CCCC1. The van der Waals surface area contributed by atoms with Crippen molar-refractivity contribution in [2.24, 2.45) is 11.8 Å². The lowest BCUT2D eigenvalue weighted by atomic mass is 10.0. The summed E-state index contributed by atoms with van der Waals surface area (Å²) in [6.07, 6.45) is 8.43. The molecule has 1 aliphatic carbocycles. The van der Waals surface area contributed by atoms with Crippen LogP contribution in [0.15, 0.2) is 0 Å². The minimum Gasteiger partial charge on any atom is -0.481 e. The number of hydrogen-bond donors (Lipinski definition) is 1. The van der Waals surface area contributed by atoms with Crippen molar-refractivity contribution in [1.29, 1.82) is 0 Å². The van der Waals surface area contributed by atoms with E-state index in [-0.39, 0.29) is 12.3 Å². The van der Waals surface area contributed by atoms with E-state index in [1.807, 2.05) is 6.92 Å². The van der Waals surface area contributed by atoms with Gasteiger partial charge in [-0.15, -0.1) is 5.10 Å². The van der Waals surface area contributed by atoms with Gasteiger partial charge in [0.15, 0.2) is 5.82 Å². The average molecular weight is 280 g/mol. The molecule has 1 atom stereocenters. The highest BCUT2D eigenvalue weighted by atomic mass is 16.4. The van der Waals surface area contributed by atoms with Crippen LogP contribution >= 0.6 is 0 Å². The van der Waals surface area contributed by atoms with Crippen molar-refractivity contribution in [1.82, 2.24) is 20.2 Å². The quantitative estimate of drug-likeness (QED) is 0.790. The minimum atomic E-state index is -0.752. The third-order valence-corrected chi connectivity index (χ3v) is 4.33. The molecule has 2 rings (SSSR count). The number of carbonyl (C=O) groups is 1. The van der Waals surface area contributed by atoms with E-state index in [0.29, 0.717) is 6.54 Å². The Labute approximate surface area is 119 Å². The van der Waals surface area contributed by atoms with Gasteiger partial charge in [0.25, 0.3) is 0 Å². The zero-order valence-electron chi connectivity index (χ0n) is 12.2. The van der Waals surface area contributed by atoms with Crippen molar-refractivity contribution < 1.29 is 9.90 Å². The van der Waals surface area contributed by atoms with Crippen LogP contribution in [-0.4, -0.2) is 31.3 Å². The van der Waals surface area contributed by atoms with Crippen molar-refractivity contribution >= 4 is 5.97 Å². The molecular weight excluding hydrogens is 256 g/mol. The summed E-state index contributed by atoms with van der Waals surface area (Å²) < 4.78 is 1.80. The Morgan fingerprint density at radius 3 is 2.85 bits per heavy atom. The second kappa shape index (κ2) is 7.36. The summed E-state index contributed by atoms with van der Waals surface area (Å²) in [6.45, 7) is 2.62. The van der Waals surface area contributed by atoms with Crippen LogP contribution in [0.2, 0.25) is 0 Å². The number of hydrogen-bond acceptors (Lipinski definition) is 4. The first-order chi connectivity index (χ1) is 9.69. The van der Waals surface area contributed by atoms with Gasteiger partial charge in [0.1, 0.15) is 0 Å². The Balaban J connectivity index is 1.88. The molecule has 20 heavy (non-hydrogen) atoms. The van der Waals surface area contributed by atoms with Crippen LogP contribution < -0.4 is 0 Å². The molecule has 0 saturated heterocycles. The van der Waals surface area contributed by atoms with E-state index < -0.39 is 5.97 Å². The van der Waals surface area contributed by atoms with Crippen molar-refractivity contribution in [2.75, 3.05) is 0 Å². The Morgan fingerprint density at radius 1 is 1.45 bits per heavy atom. The van der Waals surface area contributed by atoms with E-state index in [0.717, 1.165) is 31.0 Å². The molecule has 1 aromatic heterocycles. The molecule has 1 fully saturated rings. The van der Waals surface area contributed by atoms with Crippen LogP contribution in [0.1, 0.15) is 57.7 Å². The fraction of sp³-hybridized carbons (Fsp3) is 0.857. The number of carboxylic acids is 1. The van der Waals surface area contributed by atoms with Gasteiger partial charge in [0.05, 0.1) is 0 Å². The normalized spacial score (nSPS) is 17.4. The van der Waals surface area contributed by atoms with E-state index in [4.69, 9.17) is 5.11 Å². The van der Waals surface area contributed by atoms with Gasteiger partial charge in [-0.1, -0.05) is 39.0 Å². The summed E-state index contributed by atoms with van der Waals surface area (Å²) in [6, 6.07) is 0. The van der Waals surface area contributed by atoms with Gasteiger partial charge < -0.3 is 5.11 Å². The van der Waals surface area contributed by atoms with Crippen molar-refractivity contribution in [3.63, 3.8) is 0 Å². The molecule has 1 aliphatic rings. The average Bonchev–Trinajstić information content (AvgIpc) is 3.06. The molecule has 1 heterocycles. The number of nitrogens with zero attached hydrogens (tertiary/aromatic N) is 4. The largest absolute Gasteiger partial charge is 0.481 e. The molecular formula is C14H24N4O2. The van der Waals surface area contributed by atoms with Gasteiger partial charge in [-0.3, -0.25) is 4.79 Å². The van der Waals surface area contributed by atoms with Crippen LogP contribution in [0.5, 0.6) is 0 Å². The van der Waals surface area contributed by atoms with Gasteiger partial charge in [0, 0.05) is 19.4 Å². The number of rotatable bonds is 8. The fourth-order valence-corrected chi connectivity index (χ4v) is 3.01. The van der Waals surface area contributed by atoms with Gasteiger partial charge >= 0.3 is 5.97 Å². The van der Waals surface area contributed by atoms with E-state index >= 15 is 0 Å². The lowest BCUT2D eigenvalue weighted by Crippen LogP contribution is -2.17. The molecule has 0 bridgehead atoms. The summed E-state index contributed by atoms with van der Waals surface area (Å²) >= 11 is 0. The summed E-state index contributed by atoms with van der Waals surface area (Å²) in [5.74, 6) is 1.07. The van der Waals surface area contributed by atoms with Crippen LogP contribution in [0.25, 0.3) is 0 Å². The zero-order chi connectivity index (χ0) is 14.4. The van der Waals surface area contributed by atoms with Gasteiger partial charge in [-0.05, 0) is 28.7 Å². The van der Waals surface area contributed by atoms with Crippen LogP contribution in [0.4, 0.5) is 0 Å². The summed E-state index contributed by atoms with van der Waals surface area (Å²) in [5, 5.41) is 20.8. The lowest BCUT2D eigenvalue weighted by molar-refractivity contribution is -0.138. The predicted molar refractivity (Wildman–Crippen MR) is 74.1 cm³/mol. The van der Waals surface area contributed by atoms with E-state index in [1.54, 1.807) is 4.68 Å². The molecule has 0 aliphatic heterocycles. The Morgan fingerprint density at radius 2 is 2.20 bits per heavy atom. The standard InChI is InChI=1S/C14H24N4O2/c1-2-11(9-14(19)20)10-18-13(15-16-17-18)8-7-12-5-3-4-6-12/h11-12H,2-10H2,1H3,(H,19,20). The zero-order valence-corrected chi connectivity index (χ0v) is 12.2. The Bertz CT molecular complexity index is 427. The number of tetrazole rings is 1. The summed E-state index contributed by atoms with van der Waals surface area (Å²) in [7, 11) is 0. The molecule has 112 valence electrons. The van der Waals surface area contributed by atoms with E-state index in [9.17, 15) is 4.79 Å². The van der Waals surface area contributed by atoms with E-state index in [1.165, 1.54) is 25.7 Å². The van der Waals surface area contributed by atoms with Gasteiger partial charge in [-0.2, -0.15) is 0 Å². The maximum Gasteiger partial charge on any atom is 0.303 e. The van der Waals surface area contributed by atoms with E-state index in [2.05, 4.69) is 15.5 Å². The maximum atomic E-state index is 10.8. The third-order valence-electron chi connectivity index (χ3n) is 4.33. The van der Waals surface area contributed by atoms with Crippen molar-refractivity contribution in [3.8, 4) is 0 Å². The van der Waals surface area contributed by atoms with Crippen molar-refractivity contribution in [2.45, 2.75) is 64.8 Å². The third kappa shape index (κ3) is 4.28. The number of carboxylic acid groups (broad SMARTS) is 1. The van der Waals surface area contributed by atoms with Crippen LogP contribution in [-0.2, 0) is 17.8 Å². The van der Waals surface area contributed by atoms with Crippen molar-refractivity contribution in [3.05, 3.63) is 5.82 Å². The molecule has 0 radical (unpaired) electrons. The van der Waals surface area contributed by atoms with Crippen LogP contribution in [0, 0.1) is 11.8 Å². The molecule has 0 amide bonds. The lowest BCUT2D eigenvalue weighted by Gasteiger charge is -2.13. The molecule has 6 heteroatoms. The first-order valence-electron chi connectivity index (χ1n) is 7.65. The topological polar surface area (TPSA) is 80.9 Å². The Hall–Kier alpha value is -1.46. The Kier molecular flexibility index (Phi) is 5.49. The molecule has 1 unspecified atom stereocenters. The number of aliphatic carboxylic acids is 1. The second-order valence-corrected chi connectivity index (χ2v) is 5.84. The van der Waals surface area contributed by atoms with Crippen LogP contribution in [0.3, 0.4) is 0 Å². The maximum absolute atomic E-state index is 10.8. The highest BCUT2D eigenvalue weighted by Gasteiger charge is 2.18. The number of aryl methyl sites for hydroxylation is 1. The first kappa shape index (κ1) is 14.9. The monoisotopic (exact) mass is 280 g/mol. The first-order valence-corrected chi connectivity index (χ1v) is 7.65. The smallest absolute Gasteiger partial charge is 0.303 e. The minimum absolute atomic E-state index is 0.0984. The second-order valence-electron chi connectivity index (χ2n) is 5.84. The molecule has 6 nitrogen and oxygen atoms in total. The molecule has 0 spiro atoms. The molecule has 1 aromatic rings. The highest BCUT2D eigenvalue weighted by Crippen LogP contribution is 2.28. The fourth-order valence-electron chi connectivity index (χ4n) is 3.01. The van der Waals surface area contributed by atoms with Gasteiger partial charge in [0.2, 0.25) is 0 Å². The predicted octanol–water partition coefficient (Wildman–Crippen LogP) is 2.30. The highest BCUT2D eigenvalue weighted by molar-refractivity contribution is 5.66. The molecule has 0 aromatic carbocycles.